The average molecular weight is 105 g/mol. The summed E-state index contributed by atoms with van der Waals surface area (Å²) in [6.07, 6.45) is 0. The van der Waals surface area contributed by atoms with Gasteiger partial charge in [-0.2, -0.15) is 0 Å². The van der Waals surface area contributed by atoms with Crippen molar-refractivity contribution in [1.82, 2.24) is 0 Å². The Labute approximate surface area is 43.9 Å². The summed E-state index contributed by atoms with van der Waals surface area (Å²) in [6, 6.07) is 0. The predicted octanol–water partition coefficient (Wildman–Crippen LogP) is 0.511. The summed E-state index contributed by atoms with van der Waals surface area (Å²) in [6.45, 7) is 3.01. The van der Waals surface area contributed by atoms with Crippen LogP contribution in [-0.2, 0) is 9.57 Å². The van der Waals surface area contributed by atoms with Gasteiger partial charge in [-0.05, 0) is 0 Å². The Morgan fingerprint density at radius 3 is 1.43 bits per heavy atom. The summed E-state index contributed by atoms with van der Waals surface area (Å²) in [5.41, 5.74) is 0. The van der Waals surface area contributed by atoms with E-state index in [1.165, 1.54) is 7.11 Å². The molecule has 0 radical (unpaired) electrons. The molecule has 0 aliphatic carbocycles. The first kappa shape index (κ1) is 9.66. The molecule has 0 saturated carbocycles. The van der Waals surface area contributed by atoms with Crippen molar-refractivity contribution < 1.29 is 9.57 Å². The highest BCUT2D eigenvalue weighted by molar-refractivity contribution is 5.21. The number of ether oxygens (including phenoxy) is 1. The Morgan fingerprint density at radius 2 is 1.43 bits per heavy atom. The molecule has 44 valence electrons. The van der Waals surface area contributed by atoms with Crippen molar-refractivity contribution in [3.05, 3.63) is 0 Å². The first-order valence-electron chi connectivity index (χ1n) is 1.72. The zero-order valence-electron chi connectivity index (χ0n) is 4.97. The Bertz CT molecular complexity index is 30.9. The van der Waals surface area contributed by atoms with Crippen molar-refractivity contribution in [2.24, 2.45) is 5.16 Å². The van der Waals surface area contributed by atoms with Crippen molar-refractivity contribution >= 4 is 6.72 Å². The molecule has 0 N–H and O–H groups in total. The van der Waals surface area contributed by atoms with Gasteiger partial charge in [-0.15, -0.1) is 5.16 Å². The van der Waals surface area contributed by atoms with Gasteiger partial charge in [0.05, 0.1) is 0 Å². The maximum absolute atomic E-state index is 4.25. The van der Waals surface area contributed by atoms with Gasteiger partial charge in [-0.3, -0.25) is 0 Å². The van der Waals surface area contributed by atoms with Crippen molar-refractivity contribution in [2.45, 2.75) is 0 Å². The van der Waals surface area contributed by atoms with Crippen LogP contribution in [0.4, 0.5) is 0 Å². The third kappa shape index (κ3) is 346. The minimum absolute atomic E-state index is 1.45. The minimum Gasteiger partial charge on any atom is -0.400 e. The lowest BCUT2D eigenvalue weighted by Crippen LogP contribution is -1.55. The highest BCUT2D eigenvalue weighted by atomic mass is 16.6. The van der Waals surface area contributed by atoms with Gasteiger partial charge < -0.3 is 9.57 Å². The van der Waals surface area contributed by atoms with Gasteiger partial charge in [-0.1, -0.05) is 0 Å². The molecule has 0 atom stereocenters. The van der Waals surface area contributed by atoms with Crippen molar-refractivity contribution in [2.75, 3.05) is 21.3 Å². The maximum Gasteiger partial charge on any atom is 0.106 e. The maximum atomic E-state index is 4.25. The fraction of sp³-hybridized carbons (Fsp3) is 0.750. The van der Waals surface area contributed by atoms with E-state index < -0.39 is 0 Å². The molecule has 0 bridgehead atoms. The molecule has 0 unspecified atom stereocenters. The lowest BCUT2D eigenvalue weighted by Gasteiger charge is -1.71. The summed E-state index contributed by atoms with van der Waals surface area (Å²) in [7, 11) is 4.70. The van der Waals surface area contributed by atoms with Crippen LogP contribution in [0.1, 0.15) is 0 Å². The van der Waals surface area contributed by atoms with E-state index >= 15 is 0 Å². The van der Waals surface area contributed by atoms with Crippen LogP contribution in [0.3, 0.4) is 0 Å². The molecular formula is C4H11NO2. The van der Waals surface area contributed by atoms with E-state index in [-0.39, 0.29) is 0 Å². The van der Waals surface area contributed by atoms with Crippen LogP contribution in [0.25, 0.3) is 0 Å². The zero-order valence-corrected chi connectivity index (χ0v) is 4.97. The second-order valence-electron chi connectivity index (χ2n) is 0.720. The van der Waals surface area contributed by atoms with E-state index in [4.69, 9.17) is 0 Å². The molecule has 0 saturated heterocycles. The predicted molar refractivity (Wildman–Crippen MR) is 29.5 cm³/mol. The molecule has 0 rings (SSSR count). The first-order chi connectivity index (χ1) is 3.33. The standard InChI is InChI=1S/C2H5NO.C2H6O/c1-3-4-2;1-3-2/h1H2,2H3;1-2H3. The third-order valence-corrected chi connectivity index (χ3v) is 0.129. The van der Waals surface area contributed by atoms with Crippen molar-refractivity contribution in [3.63, 3.8) is 0 Å². The monoisotopic (exact) mass is 105 g/mol. The molecule has 0 amide bonds. The second-order valence-corrected chi connectivity index (χ2v) is 0.720. The third-order valence-electron chi connectivity index (χ3n) is 0.129. The number of rotatable bonds is 1. The van der Waals surface area contributed by atoms with E-state index in [1.54, 1.807) is 14.2 Å². The summed E-state index contributed by atoms with van der Waals surface area (Å²) >= 11 is 0. The van der Waals surface area contributed by atoms with Crippen LogP contribution < -0.4 is 0 Å². The number of nitrogens with zero attached hydrogens (tertiary/aromatic N) is 1. The van der Waals surface area contributed by atoms with Gasteiger partial charge in [-0.25, -0.2) is 0 Å². The largest absolute Gasteiger partial charge is 0.400 e. The zero-order chi connectivity index (χ0) is 6.12. The molecule has 0 aliphatic rings. The van der Waals surface area contributed by atoms with E-state index in [2.05, 4.69) is 21.4 Å². The summed E-state index contributed by atoms with van der Waals surface area (Å²) < 4.78 is 4.25. The molecule has 7 heavy (non-hydrogen) atoms. The van der Waals surface area contributed by atoms with Gasteiger partial charge in [0.15, 0.2) is 0 Å². The van der Waals surface area contributed by atoms with Crippen LogP contribution in [0.5, 0.6) is 0 Å². The smallest absolute Gasteiger partial charge is 0.106 e. The normalized spacial score (nSPS) is 5.57. The fourth-order valence-electron chi connectivity index (χ4n) is 0. The summed E-state index contributed by atoms with van der Waals surface area (Å²) in [5.74, 6) is 0. The quantitative estimate of drug-likeness (QED) is 0.359. The molecule has 3 nitrogen and oxygen atoms in total. The van der Waals surface area contributed by atoms with Crippen LogP contribution in [0, 0.1) is 0 Å². The highest BCUT2D eigenvalue weighted by Crippen LogP contribution is 1.49. The van der Waals surface area contributed by atoms with E-state index in [0.717, 1.165) is 0 Å². The topological polar surface area (TPSA) is 30.8 Å². The van der Waals surface area contributed by atoms with Gasteiger partial charge in [0.1, 0.15) is 7.11 Å². The van der Waals surface area contributed by atoms with Gasteiger partial charge >= 0.3 is 0 Å². The van der Waals surface area contributed by atoms with Crippen LogP contribution in [0.2, 0.25) is 0 Å². The lowest BCUT2D eigenvalue weighted by atomic mass is 11.6. The SMILES string of the molecule is C=NOC.COC. The minimum atomic E-state index is 1.45. The van der Waals surface area contributed by atoms with Crippen molar-refractivity contribution in [1.29, 1.82) is 0 Å². The summed E-state index contributed by atoms with van der Waals surface area (Å²) in [5, 5.41) is 2.99. The Kier molecular flexibility index (Phi) is 24.9. The molecule has 0 heterocycles. The Morgan fingerprint density at radius 1 is 1.29 bits per heavy atom. The van der Waals surface area contributed by atoms with Gasteiger partial charge in [0.25, 0.3) is 0 Å². The number of hydrogen-bond donors (Lipinski definition) is 0. The Balaban J connectivity index is 0. The number of hydrogen-bond acceptors (Lipinski definition) is 3. The first-order valence-corrected chi connectivity index (χ1v) is 1.72. The molecule has 0 spiro atoms. The molecular weight excluding hydrogens is 94.0 g/mol. The van der Waals surface area contributed by atoms with E-state index in [9.17, 15) is 0 Å². The van der Waals surface area contributed by atoms with Gasteiger partial charge in [0.2, 0.25) is 0 Å². The molecule has 0 fully saturated rings. The molecule has 0 aliphatic heterocycles. The Hall–Kier alpha value is -0.570. The second kappa shape index (κ2) is 18.0. The molecule has 0 aromatic heterocycles. The van der Waals surface area contributed by atoms with E-state index in [0.29, 0.717) is 0 Å². The lowest BCUT2D eigenvalue weighted by molar-refractivity contribution is 0.217. The van der Waals surface area contributed by atoms with Crippen molar-refractivity contribution in [3.8, 4) is 0 Å². The average Bonchev–Trinajstić information content (AvgIpc) is 1.69. The fourth-order valence-corrected chi connectivity index (χ4v) is 0. The van der Waals surface area contributed by atoms with Crippen LogP contribution in [0.15, 0.2) is 5.16 Å². The molecule has 0 aromatic carbocycles. The van der Waals surface area contributed by atoms with E-state index in [1.807, 2.05) is 0 Å². The van der Waals surface area contributed by atoms with Crippen LogP contribution >= 0.6 is 0 Å². The number of methoxy groups -OCH3 is 1. The number of oxime groups is 1. The highest BCUT2D eigenvalue weighted by Gasteiger charge is 1.35. The molecule has 3 heteroatoms. The summed E-state index contributed by atoms with van der Waals surface area (Å²) in [4.78, 5) is 4.06. The van der Waals surface area contributed by atoms with Crippen LogP contribution in [-0.4, -0.2) is 28.0 Å². The van der Waals surface area contributed by atoms with Gasteiger partial charge in [0, 0.05) is 20.9 Å². The molecule has 0 aromatic rings.